The van der Waals surface area contributed by atoms with Crippen molar-refractivity contribution in [1.82, 2.24) is 0 Å². The third-order valence-corrected chi connectivity index (χ3v) is 3.81. The summed E-state index contributed by atoms with van der Waals surface area (Å²) >= 11 is 0. The van der Waals surface area contributed by atoms with Crippen molar-refractivity contribution in [3.63, 3.8) is 0 Å². The van der Waals surface area contributed by atoms with Crippen molar-refractivity contribution < 1.29 is 14.6 Å². The standard InChI is InChI=1S/C14H18O3/c1-3-10-6-4-7-11(12(10)17-2)14(13(15)16)8-5-9-14/h4,6-7H,3,5,8-9H2,1-2H3,(H,15,16). The molecule has 0 aromatic heterocycles. The summed E-state index contributed by atoms with van der Waals surface area (Å²) in [5, 5.41) is 9.47. The number of methoxy groups -OCH3 is 1. The number of benzene rings is 1. The molecule has 17 heavy (non-hydrogen) atoms. The molecular weight excluding hydrogens is 216 g/mol. The van der Waals surface area contributed by atoms with Crippen molar-refractivity contribution in [2.75, 3.05) is 7.11 Å². The van der Waals surface area contributed by atoms with E-state index >= 15 is 0 Å². The Balaban J connectivity index is 2.54. The fraction of sp³-hybridized carbons (Fsp3) is 0.500. The summed E-state index contributed by atoms with van der Waals surface area (Å²) in [6.07, 6.45) is 3.26. The van der Waals surface area contributed by atoms with Gasteiger partial charge in [-0.05, 0) is 24.8 Å². The number of aliphatic carboxylic acids is 1. The first-order chi connectivity index (χ1) is 8.15. The summed E-state index contributed by atoms with van der Waals surface area (Å²) < 4.78 is 5.44. The minimum atomic E-state index is -0.727. The van der Waals surface area contributed by atoms with E-state index in [0.717, 1.165) is 29.7 Å². The molecule has 92 valence electrons. The molecule has 0 bridgehead atoms. The number of carboxylic acid groups (broad SMARTS) is 1. The number of hydrogen-bond acceptors (Lipinski definition) is 2. The van der Waals surface area contributed by atoms with Gasteiger partial charge in [0.25, 0.3) is 0 Å². The maximum atomic E-state index is 11.5. The second-order valence-electron chi connectivity index (χ2n) is 4.59. The molecular formula is C14H18O3. The van der Waals surface area contributed by atoms with Gasteiger partial charge in [-0.1, -0.05) is 31.5 Å². The van der Waals surface area contributed by atoms with E-state index in [9.17, 15) is 9.90 Å². The van der Waals surface area contributed by atoms with E-state index in [4.69, 9.17) is 4.74 Å². The summed E-state index contributed by atoms with van der Waals surface area (Å²) in [5.41, 5.74) is 1.21. The van der Waals surface area contributed by atoms with Gasteiger partial charge in [-0.25, -0.2) is 0 Å². The fourth-order valence-corrected chi connectivity index (χ4v) is 2.61. The van der Waals surface area contributed by atoms with E-state index in [2.05, 4.69) is 6.92 Å². The largest absolute Gasteiger partial charge is 0.496 e. The summed E-state index contributed by atoms with van der Waals surface area (Å²) in [7, 11) is 1.62. The highest BCUT2D eigenvalue weighted by atomic mass is 16.5. The second kappa shape index (κ2) is 4.40. The van der Waals surface area contributed by atoms with Crippen molar-refractivity contribution in [1.29, 1.82) is 0 Å². The predicted molar refractivity (Wildman–Crippen MR) is 65.5 cm³/mol. The SMILES string of the molecule is CCc1cccc(C2(C(=O)O)CCC2)c1OC. The zero-order chi connectivity index (χ0) is 12.5. The van der Waals surface area contributed by atoms with E-state index in [1.807, 2.05) is 18.2 Å². The number of carbonyl (C=O) groups is 1. The van der Waals surface area contributed by atoms with Gasteiger partial charge in [0.15, 0.2) is 0 Å². The average molecular weight is 234 g/mol. The Morgan fingerprint density at radius 1 is 1.47 bits per heavy atom. The van der Waals surface area contributed by atoms with Crippen LogP contribution >= 0.6 is 0 Å². The van der Waals surface area contributed by atoms with Crippen LogP contribution < -0.4 is 4.74 Å². The van der Waals surface area contributed by atoms with Crippen LogP contribution in [0.1, 0.15) is 37.3 Å². The van der Waals surface area contributed by atoms with Crippen LogP contribution in [0.2, 0.25) is 0 Å². The lowest BCUT2D eigenvalue weighted by Crippen LogP contribution is -2.42. The van der Waals surface area contributed by atoms with Crippen LogP contribution in [-0.4, -0.2) is 18.2 Å². The summed E-state index contributed by atoms with van der Waals surface area (Å²) in [4.78, 5) is 11.5. The average Bonchev–Trinajstić information content (AvgIpc) is 2.26. The molecule has 2 rings (SSSR count). The Kier molecular flexibility index (Phi) is 3.09. The highest BCUT2D eigenvalue weighted by Crippen LogP contribution is 2.48. The van der Waals surface area contributed by atoms with E-state index in [-0.39, 0.29) is 0 Å². The molecule has 0 spiro atoms. The van der Waals surface area contributed by atoms with Crippen molar-refractivity contribution in [3.05, 3.63) is 29.3 Å². The zero-order valence-electron chi connectivity index (χ0n) is 10.3. The van der Waals surface area contributed by atoms with Gasteiger partial charge in [-0.15, -0.1) is 0 Å². The van der Waals surface area contributed by atoms with Crippen LogP contribution in [0.3, 0.4) is 0 Å². The molecule has 1 aliphatic carbocycles. The van der Waals surface area contributed by atoms with Crippen LogP contribution in [0.5, 0.6) is 5.75 Å². The van der Waals surface area contributed by atoms with E-state index in [1.165, 1.54) is 0 Å². The normalized spacial score (nSPS) is 17.3. The van der Waals surface area contributed by atoms with E-state index in [0.29, 0.717) is 12.8 Å². The number of para-hydroxylation sites is 1. The van der Waals surface area contributed by atoms with Gasteiger partial charge in [0.1, 0.15) is 5.75 Å². The molecule has 1 aromatic rings. The Bertz CT molecular complexity index is 433. The van der Waals surface area contributed by atoms with Gasteiger partial charge in [0, 0.05) is 5.56 Å². The Morgan fingerprint density at radius 3 is 2.59 bits per heavy atom. The molecule has 3 nitrogen and oxygen atoms in total. The number of hydrogen-bond donors (Lipinski definition) is 1. The maximum absolute atomic E-state index is 11.5. The molecule has 0 amide bonds. The quantitative estimate of drug-likeness (QED) is 0.871. The summed E-state index contributed by atoms with van der Waals surface area (Å²) in [6, 6.07) is 5.82. The highest BCUT2D eigenvalue weighted by molar-refractivity contribution is 5.84. The minimum Gasteiger partial charge on any atom is -0.496 e. The lowest BCUT2D eigenvalue weighted by atomic mass is 9.64. The van der Waals surface area contributed by atoms with Crippen LogP contribution in [0.15, 0.2) is 18.2 Å². The third-order valence-electron chi connectivity index (χ3n) is 3.81. The highest BCUT2D eigenvalue weighted by Gasteiger charge is 2.47. The van der Waals surface area contributed by atoms with Gasteiger partial charge in [0.05, 0.1) is 12.5 Å². The number of aryl methyl sites for hydroxylation is 1. The molecule has 0 unspecified atom stereocenters. The van der Waals surface area contributed by atoms with Gasteiger partial charge < -0.3 is 9.84 Å². The molecule has 1 saturated carbocycles. The first-order valence-corrected chi connectivity index (χ1v) is 6.05. The number of carboxylic acids is 1. The lowest BCUT2D eigenvalue weighted by molar-refractivity contribution is -0.147. The topological polar surface area (TPSA) is 46.5 Å². The smallest absolute Gasteiger partial charge is 0.314 e. The Morgan fingerprint density at radius 2 is 2.18 bits per heavy atom. The van der Waals surface area contributed by atoms with Crippen molar-refractivity contribution in [3.8, 4) is 5.75 Å². The van der Waals surface area contributed by atoms with Crippen molar-refractivity contribution in [2.45, 2.75) is 38.0 Å². The predicted octanol–water partition coefficient (Wildman–Crippen LogP) is 2.76. The summed E-state index contributed by atoms with van der Waals surface area (Å²) in [5.74, 6) is 0.0346. The van der Waals surface area contributed by atoms with Gasteiger partial charge in [-0.2, -0.15) is 0 Å². The first kappa shape index (κ1) is 12.0. The molecule has 1 aliphatic rings. The van der Waals surface area contributed by atoms with Crippen LogP contribution in [0.4, 0.5) is 0 Å². The van der Waals surface area contributed by atoms with Crippen LogP contribution in [-0.2, 0) is 16.6 Å². The van der Waals surface area contributed by atoms with Crippen LogP contribution in [0.25, 0.3) is 0 Å². The zero-order valence-corrected chi connectivity index (χ0v) is 10.3. The van der Waals surface area contributed by atoms with Gasteiger partial charge in [0.2, 0.25) is 0 Å². The maximum Gasteiger partial charge on any atom is 0.314 e. The molecule has 0 radical (unpaired) electrons. The molecule has 1 N–H and O–H groups in total. The molecule has 0 heterocycles. The van der Waals surface area contributed by atoms with Crippen molar-refractivity contribution >= 4 is 5.97 Å². The first-order valence-electron chi connectivity index (χ1n) is 6.05. The summed E-state index contributed by atoms with van der Waals surface area (Å²) in [6.45, 7) is 2.05. The van der Waals surface area contributed by atoms with E-state index < -0.39 is 11.4 Å². The fourth-order valence-electron chi connectivity index (χ4n) is 2.61. The lowest BCUT2D eigenvalue weighted by Gasteiger charge is -2.39. The number of rotatable bonds is 4. The van der Waals surface area contributed by atoms with Crippen molar-refractivity contribution in [2.24, 2.45) is 0 Å². The molecule has 3 heteroatoms. The van der Waals surface area contributed by atoms with Gasteiger partial charge >= 0.3 is 5.97 Å². The van der Waals surface area contributed by atoms with Crippen LogP contribution in [0, 0.1) is 0 Å². The van der Waals surface area contributed by atoms with Gasteiger partial charge in [-0.3, -0.25) is 4.79 Å². The Labute approximate surface area is 101 Å². The monoisotopic (exact) mass is 234 g/mol. The third kappa shape index (κ3) is 1.70. The number of ether oxygens (including phenoxy) is 1. The molecule has 0 aliphatic heterocycles. The second-order valence-corrected chi connectivity index (χ2v) is 4.59. The Hall–Kier alpha value is -1.51. The minimum absolute atomic E-state index is 0.712. The molecule has 0 saturated heterocycles. The molecule has 1 aromatic carbocycles. The molecule has 1 fully saturated rings. The molecule has 0 atom stereocenters. The van der Waals surface area contributed by atoms with E-state index in [1.54, 1.807) is 7.11 Å².